The van der Waals surface area contributed by atoms with Gasteiger partial charge in [0.1, 0.15) is 12.4 Å². The Kier molecular flexibility index (Phi) is 4.29. The van der Waals surface area contributed by atoms with Crippen LogP contribution in [0.15, 0.2) is 41.2 Å². The molecule has 0 saturated heterocycles. The Balaban J connectivity index is 1.97. The number of hydrogen-bond donors (Lipinski definition) is 2. The van der Waals surface area contributed by atoms with E-state index in [2.05, 4.69) is 20.4 Å². The highest BCUT2D eigenvalue weighted by Gasteiger charge is 2.14. The Morgan fingerprint density at radius 1 is 1.27 bits per heavy atom. The molecular weight excluding hydrogens is 402 g/mol. The van der Waals surface area contributed by atoms with Crippen LogP contribution in [0.4, 0.5) is 15.8 Å². The Bertz CT molecular complexity index is 809. The minimum atomic E-state index is -0.372. The molecule has 1 aromatic carbocycles. The van der Waals surface area contributed by atoms with Gasteiger partial charge in [-0.15, -0.1) is 0 Å². The highest BCUT2D eigenvalue weighted by atomic mass is 127. The van der Waals surface area contributed by atoms with Gasteiger partial charge in [0, 0.05) is 9.77 Å². The fourth-order valence-corrected chi connectivity index (χ4v) is 2.30. The van der Waals surface area contributed by atoms with Crippen molar-refractivity contribution in [3.63, 3.8) is 0 Å². The smallest absolute Gasteiger partial charge is 0.260 e. The summed E-state index contributed by atoms with van der Waals surface area (Å²) >= 11 is 2.04. The number of nitrogens with zero attached hydrogens (tertiary/aromatic N) is 3. The van der Waals surface area contributed by atoms with Crippen molar-refractivity contribution in [2.24, 2.45) is 0 Å². The molecule has 3 aromatic rings. The molecular formula is C14H10FIN4O2. The summed E-state index contributed by atoms with van der Waals surface area (Å²) in [5, 5.41) is 15.6. The van der Waals surface area contributed by atoms with Crippen LogP contribution in [0.2, 0.25) is 0 Å². The zero-order valence-corrected chi connectivity index (χ0v) is 13.3. The second-order valence-electron chi connectivity index (χ2n) is 4.34. The quantitative estimate of drug-likeness (QED) is 0.641. The summed E-state index contributed by atoms with van der Waals surface area (Å²) in [6, 6.07) is 6.52. The van der Waals surface area contributed by atoms with Crippen molar-refractivity contribution in [3.05, 3.63) is 51.9 Å². The maximum absolute atomic E-state index is 14.0. The molecule has 8 heteroatoms. The van der Waals surface area contributed by atoms with Gasteiger partial charge in [0.05, 0.1) is 23.1 Å². The molecule has 6 nitrogen and oxygen atoms in total. The lowest BCUT2D eigenvalue weighted by molar-refractivity contribution is 0.264. The lowest BCUT2D eigenvalue weighted by Crippen LogP contribution is -1.97. The van der Waals surface area contributed by atoms with Gasteiger partial charge in [0.15, 0.2) is 5.82 Å². The summed E-state index contributed by atoms with van der Waals surface area (Å²) in [6.07, 6.45) is 3.10. The van der Waals surface area contributed by atoms with E-state index in [0.717, 1.165) is 3.57 Å². The number of aromatic nitrogens is 3. The summed E-state index contributed by atoms with van der Waals surface area (Å²) in [5.41, 5.74) is 1.41. The third-order valence-corrected chi connectivity index (χ3v) is 3.53. The van der Waals surface area contributed by atoms with Crippen LogP contribution in [-0.2, 0) is 6.61 Å². The maximum Gasteiger partial charge on any atom is 0.260 e. The Morgan fingerprint density at radius 2 is 2.14 bits per heavy atom. The van der Waals surface area contributed by atoms with E-state index in [0.29, 0.717) is 16.9 Å². The molecule has 0 unspecified atom stereocenters. The molecule has 0 spiro atoms. The van der Waals surface area contributed by atoms with Gasteiger partial charge in [-0.1, -0.05) is 5.16 Å². The highest BCUT2D eigenvalue weighted by Crippen LogP contribution is 2.29. The molecule has 0 saturated carbocycles. The summed E-state index contributed by atoms with van der Waals surface area (Å²) in [7, 11) is 0. The minimum Gasteiger partial charge on any atom is -0.388 e. The molecule has 0 radical (unpaired) electrons. The van der Waals surface area contributed by atoms with Crippen LogP contribution in [0, 0.1) is 9.39 Å². The SMILES string of the molecule is OCc1noc(-c2ccncc2Nc2ccc(I)cc2F)n1. The second-order valence-corrected chi connectivity index (χ2v) is 5.59. The standard InChI is InChI=1S/C14H10FIN4O2/c15-10-5-8(16)1-2-11(10)18-12-6-17-4-3-9(12)14-19-13(7-21)20-22-14/h1-6,18,21H,7H2. The lowest BCUT2D eigenvalue weighted by Gasteiger charge is -2.10. The normalized spacial score (nSPS) is 10.7. The second kappa shape index (κ2) is 6.36. The maximum atomic E-state index is 14.0. The van der Waals surface area contributed by atoms with Gasteiger partial charge in [-0.25, -0.2) is 4.39 Å². The van der Waals surface area contributed by atoms with Crippen molar-refractivity contribution in [1.82, 2.24) is 15.1 Å². The minimum absolute atomic E-state index is 0.179. The van der Waals surface area contributed by atoms with E-state index in [1.54, 1.807) is 24.4 Å². The first kappa shape index (κ1) is 14.9. The molecule has 0 aliphatic rings. The van der Waals surface area contributed by atoms with Crippen molar-refractivity contribution in [3.8, 4) is 11.5 Å². The van der Waals surface area contributed by atoms with E-state index in [9.17, 15) is 4.39 Å². The van der Waals surface area contributed by atoms with E-state index in [4.69, 9.17) is 9.63 Å². The summed E-state index contributed by atoms with van der Waals surface area (Å²) in [5.74, 6) is 0.0290. The molecule has 0 amide bonds. The third-order valence-electron chi connectivity index (χ3n) is 2.86. The molecule has 0 fully saturated rings. The third kappa shape index (κ3) is 3.07. The van der Waals surface area contributed by atoms with Crippen molar-refractivity contribution in [2.75, 3.05) is 5.32 Å². The van der Waals surface area contributed by atoms with Crippen molar-refractivity contribution < 1.29 is 14.0 Å². The van der Waals surface area contributed by atoms with Crippen molar-refractivity contribution in [1.29, 1.82) is 0 Å². The van der Waals surface area contributed by atoms with Crippen LogP contribution < -0.4 is 5.32 Å². The predicted molar refractivity (Wildman–Crippen MR) is 85.9 cm³/mol. The Morgan fingerprint density at radius 3 is 2.86 bits per heavy atom. The highest BCUT2D eigenvalue weighted by molar-refractivity contribution is 14.1. The van der Waals surface area contributed by atoms with Crippen LogP contribution in [0.25, 0.3) is 11.5 Å². The van der Waals surface area contributed by atoms with Crippen LogP contribution in [0.3, 0.4) is 0 Å². The number of rotatable bonds is 4. The van der Waals surface area contributed by atoms with Gasteiger partial charge in [-0.05, 0) is 46.9 Å². The summed E-state index contributed by atoms with van der Waals surface area (Å²) < 4.78 is 19.8. The number of aliphatic hydroxyl groups is 1. The fourth-order valence-electron chi connectivity index (χ4n) is 1.84. The molecule has 3 rings (SSSR count). The first-order valence-corrected chi connectivity index (χ1v) is 7.35. The van der Waals surface area contributed by atoms with E-state index in [1.807, 2.05) is 22.6 Å². The first-order chi connectivity index (χ1) is 10.7. The largest absolute Gasteiger partial charge is 0.388 e. The van der Waals surface area contributed by atoms with Crippen molar-refractivity contribution >= 4 is 34.0 Å². The van der Waals surface area contributed by atoms with Gasteiger partial charge >= 0.3 is 0 Å². The topological polar surface area (TPSA) is 84.1 Å². The number of benzene rings is 1. The Labute approximate surface area is 138 Å². The monoisotopic (exact) mass is 412 g/mol. The van der Waals surface area contributed by atoms with E-state index in [1.165, 1.54) is 12.3 Å². The van der Waals surface area contributed by atoms with E-state index in [-0.39, 0.29) is 24.1 Å². The van der Waals surface area contributed by atoms with Crippen LogP contribution in [0.1, 0.15) is 5.82 Å². The van der Waals surface area contributed by atoms with Gasteiger partial charge < -0.3 is 14.9 Å². The lowest BCUT2D eigenvalue weighted by atomic mass is 10.2. The van der Waals surface area contributed by atoms with Gasteiger partial charge in [-0.2, -0.15) is 4.98 Å². The average molecular weight is 412 g/mol. The molecule has 22 heavy (non-hydrogen) atoms. The summed E-state index contributed by atoms with van der Waals surface area (Å²) in [4.78, 5) is 8.06. The van der Waals surface area contributed by atoms with E-state index < -0.39 is 0 Å². The van der Waals surface area contributed by atoms with Crippen LogP contribution in [0.5, 0.6) is 0 Å². The van der Waals surface area contributed by atoms with Gasteiger partial charge in [-0.3, -0.25) is 4.98 Å². The fraction of sp³-hybridized carbons (Fsp3) is 0.0714. The van der Waals surface area contributed by atoms with E-state index >= 15 is 0 Å². The van der Waals surface area contributed by atoms with Crippen molar-refractivity contribution in [2.45, 2.75) is 6.61 Å². The number of aliphatic hydroxyl groups excluding tert-OH is 1. The average Bonchev–Trinajstić information content (AvgIpc) is 2.99. The molecule has 2 aromatic heterocycles. The predicted octanol–water partition coefficient (Wildman–Crippen LogP) is 3.11. The zero-order valence-electron chi connectivity index (χ0n) is 11.1. The molecule has 0 aliphatic carbocycles. The number of pyridine rings is 1. The molecule has 2 heterocycles. The number of halogens is 2. The molecule has 112 valence electrons. The molecule has 2 N–H and O–H groups in total. The number of anilines is 2. The molecule has 0 aliphatic heterocycles. The van der Waals surface area contributed by atoms with Crippen LogP contribution in [-0.4, -0.2) is 20.2 Å². The number of nitrogens with one attached hydrogen (secondary N) is 1. The van der Waals surface area contributed by atoms with Gasteiger partial charge in [0.2, 0.25) is 0 Å². The summed E-state index contributed by atoms with van der Waals surface area (Å²) in [6.45, 7) is -0.316. The first-order valence-electron chi connectivity index (χ1n) is 6.27. The Hall–Kier alpha value is -2.07. The van der Waals surface area contributed by atoms with Gasteiger partial charge in [0.25, 0.3) is 5.89 Å². The van der Waals surface area contributed by atoms with Crippen LogP contribution >= 0.6 is 22.6 Å². The molecule has 0 bridgehead atoms. The number of hydrogen-bond acceptors (Lipinski definition) is 6. The molecule has 0 atom stereocenters. The zero-order chi connectivity index (χ0) is 15.5.